The fourth-order valence-electron chi connectivity index (χ4n) is 1.03. The molecule has 1 N–H and O–H groups in total. The summed E-state index contributed by atoms with van der Waals surface area (Å²) in [6.07, 6.45) is 2.52. The van der Waals surface area contributed by atoms with Crippen molar-refractivity contribution in [3.8, 4) is 11.5 Å². The molecule has 4 nitrogen and oxygen atoms in total. The molecule has 5 heteroatoms. The van der Waals surface area contributed by atoms with Gasteiger partial charge in [0, 0.05) is 19.0 Å². The van der Waals surface area contributed by atoms with Gasteiger partial charge in [0.2, 0.25) is 0 Å². The number of ether oxygens (including phenoxy) is 1. The van der Waals surface area contributed by atoms with Gasteiger partial charge in [-0.15, -0.1) is 0 Å². The first-order chi connectivity index (χ1) is 7.17. The van der Waals surface area contributed by atoms with Crippen molar-refractivity contribution < 1.29 is 18.8 Å². The van der Waals surface area contributed by atoms with Gasteiger partial charge in [0.25, 0.3) is 0 Å². The normalized spacial score (nSPS) is 10.3. The van der Waals surface area contributed by atoms with E-state index in [-0.39, 0.29) is 0 Å². The number of hydrogen-bond donors (Lipinski definition) is 2. The van der Waals surface area contributed by atoms with Gasteiger partial charge >= 0.3 is 5.97 Å². The van der Waals surface area contributed by atoms with Gasteiger partial charge in [-0.2, -0.15) is 0 Å². The van der Waals surface area contributed by atoms with Crippen LogP contribution in [0.25, 0.3) is 6.08 Å². The van der Waals surface area contributed by atoms with Gasteiger partial charge in [-0.1, -0.05) is 6.07 Å². The van der Waals surface area contributed by atoms with Crippen LogP contribution in [0.15, 0.2) is 24.3 Å². The topological polar surface area (TPSA) is 55.8 Å². The average Bonchev–Trinajstić information content (AvgIpc) is 2.25. The Morgan fingerprint density at radius 3 is 2.73 bits per heavy atom. The number of carboxylic acid groups (broad SMARTS) is 1. The minimum Gasteiger partial charge on any atom is -0.493 e. The second-order valence-corrected chi connectivity index (χ2v) is 2.86. The molecule has 0 bridgehead atoms. The molecule has 0 spiro atoms. The van der Waals surface area contributed by atoms with Crippen LogP contribution < -0.4 is 8.92 Å². The third kappa shape index (κ3) is 3.21. The summed E-state index contributed by atoms with van der Waals surface area (Å²) < 4.78 is 9.77. The Kier molecular flexibility index (Phi) is 4.05. The van der Waals surface area contributed by atoms with E-state index in [1.165, 1.54) is 13.2 Å². The number of carbonyl (C=O) groups is 1. The number of benzene rings is 1. The first kappa shape index (κ1) is 11.5. The van der Waals surface area contributed by atoms with Crippen LogP contribution in [0.2, 0.25) is 0 Å². The third-order valence-electron chi connectivity index (χ3n) is 1.70. The van der Waals surface area contributed by atoms with Crippen LogP contribution in [-0.2, 0) is 4.79 Å². The van der Waals surface area contributed by atoms with Crippen LogP contribution in [0.3, 0.4) is 0 Å². The molecule has 0 fully saturated rings. The van der Waals surface area contributed by atoms with Gasteiger partial charge in [-0.05, 0) is 23.8 Å². The van der Waals surface area contributed by atoms with Gasteiger partial charge in [0.1, 0.15) is 0 Å². The summed E-state index contributed by atoms with van der Waals surface area (Å²) in [6.45, 7) is 0. The molecule has 80 valence electrons. The second-order valence-electron chi connectivity index (χ2n) is 2.67. The predicted molar refractivity (Wildman–Crippen MR) is 59.3 cm³/mol. The quantitative estimate of drug-likeness (QED) is 0.468. The lowest BCUT2D eigenvalue weighted by Gasteiger charge is -2.06. The molecule has 1 aromatic rings. The summed E-state index contributed by atoms with van der Waals surface area (Å²) >= 11 is 3.66. The number of methoxy groups -OCH3 is 1. The number of rotatable bonds is 4. The highest BCUT2D eigenvalue weighted by Crippen LogP contribution is 2.29. The molecular formula is C10H10O4S. The van der Waals surface area contributed by atoms with E-state index in [4.69, 9.17) is 14.0 Å². The Morgan fingerprint density at radius 2 is 2.20 bits per heavy atom. The van der Waals surface area contributed by atoms with Crippen molar-refractivity contribution in [2.45, 2.75) is 0 Å². The van der Waals surface area contributed by atoms with E-state index in [1.54, 1.807) is 18.2 Å². The highest BCUT2D eigenvalue weighted by atomic mass is 32.1. The van der Waals surface area contributed by atoms with Gasteiger partial charge in [0.15, 0.2) is 11.5 Å². The molecule has 0 saturated carbocycles. The molecular weight excluding hydrogens is 216 g/mol. The van der Waals surface area contributed by atoms with E-state index >= 15 is 0 Å². The van der Waals surface area contributed by atoms with Gasteiger partial charge in [-0.25, -0.2) is 4.79 Å². The van der Waals surface area contributed by atoms with E-state index in [2.05, 4.69) is 12.9 Å². The zero-order valence-electron chi connectivity index (χ0n) is 8.01. The highest BCUT2D eigenvalue weighted by molar-refractivity contribution is 7.75. The van der Waals surface area contributed by atoms with E-state index in [0.717, 1.165) is 6.08 Å². The molecule has 0 aliphatic heterocycles. The van der Waals surface area contributed by atoms with Crippen LogP contribution >= 0.6 is 12.9 Å². The maximum atomic E-state index is 10.3. The standard InChI is InChI=1S/C10H10O4S/c1-13-9-6-7(3-5-10(11)12)2-4-8(9)14-15/h2-6,15H,1H3,(H,11,12)/b5-3+. The Balaban J connectivity index is 2.97. The van der Waals surface area contributed by atoms with E-state index < -0.39 is 5.97 Å². The lowest BCUT2D eigenvalue weighted by atomic mass is 10.2. The summed E-state index contributed by atoms with van der Waals surface area (Å²) in [5, 5.41) is 8.45. The summed E-state index contributed by atoms with van der Waals surface area (Å²) in [5.74, 6) is -0.0191. The van der Waals surface area contributed by atoms with Crippen molar-refractivity contribution in [2.24, 2.45) is 0 Å². The Hall–Kier alpha value is -1.62. The molecule has 0 aliphatic rings. The lowest BCUT2D eigenvalue weighted by Crippen LogP contribution is -1.89. The summed E-state index contributed by atoms with van der Waals surface area (Å²) in [6, 6.07) is 5.01. The molecule has 1 aromatic carbocycles. The third-order valence-corrected chi connectivity index (χ3v) is 1.90. The number of hydrogen-bond acceptors (Lipinski definition) is 4. The summed E-state index contributed by atoms with van der Waals surface area (Å²) in [7, 11) is 1.50. The van der Waals surface area contributed by atoms with Crippen molar-refractivity contribution in [3.63, 3.8) is 0 Å². The number of thiol groups is 1. The van der Waals surface area contributed by atoms with E-state index in [1.807, 2.05) is 0 Å². The molecule has 0 atom stereocenters. The summed E-state index contributed by atoms with van der Waals surface area (Å²) in [4.78, 5) is 10.3. The molecule has 0 radical (unpaired) electrons. The molecule has 0 aliphatic carbocycles. The molecule has 0 saturated heterocycles. The zero-order chi connectivity index (χ0) is 11.3. The van der Waals surface area contributed by atoms with Crippen LogP contribution in [0.1, 0.15) is 5.56 Å². The van der Waals surface area contributed by atoms with Gasteiger partial charge in [0.05, 0.1) is 7.11 Å². The highest BCUT2D eigenvalue weighted by Gasteiger charge is 2.03. The van der Waals surface area contributed by atoms with Crippen LogP contribution in [0, 0.1) is 0 Å². The monoisotopic (exact) mass is 226 g/mol. The molecule has 0 aromatic heterocycles. The molecule has 15 heavy (non-hydrogen) atoms. The fraction of sp³-hybridized carbons (Fsp3) is 0.100. The van der Waals surface area contributed by atoms with E-state index in [0.29, 0.717) is 17.1 Å². The van der Waals surface area contributed by atoms with Gasteiger partial charge in [-0.3, -0.25) is 0 Å². The molecule has 1 rings (SSSR count). The minimum atomic E-state index is -0.997. The van der Waals surface area contributed by atoms with Gasteiger partial charge < -0.3 is 14.0 Å². The van der Waals surface area contributed by atoms with Crippen molar-refractivity contribution in [1.82, 2.24) is 0 Å². The second kappa shape index (κ2) is 5.31. The summed E-state index contributed by atoms with van der Waals surface area (Å²) in [5.41, 5.74) is 0.711. The van der Waals surface area contributed by atoms with Crippen LogP contribution in [0.5, 0.6) is 11.5 Å². The Labute approximate surface area is 92.7 Å². The van der Waals surface area contributed by atoms with Crippen molar-refractivity contribution in [3.05, 3.63) is 29.8 Å². The smallest absolute Gasteiger partial charge is 0.328 e. The molecule has 0 unspecified atom stereocenters. The van der Waals surface area contributed by atoms with Crippen molar-refractivity contribution in [1.29, 1.82) is 0 Å². The average molecular weight is 226 g/mol. The van der Waals surface area contributed by atoms with E-state index in [9.17, 15) is 4.79 Å². The SMILES string of the molecule is COc1cc(/C=C/C(=O)O)ccc1OS. The first-order valence-corrected chi connectivity index (χ1v) is 4.44. The fourth-order valence-corrected chi connectivity index (χ4v) is 1.18. The van der Waals surface area contributed by atoms with Crippen LogP contribution in [0.4, 0.5) is 0 Å². The molecule has 0 amide bonds. The number of aliphatic carboxylic acids is 1. The molecule has 0 heterocycles. The predicted octanol–water partition coefficient (Wildman–Crippen LogP) is 2.02. The van der Waals surface area contributed by atoms with Crippen molar-refractivity contribution in [2.75, 3.05) is 7.11 Å². The Bertz CT molecular complexity index is 387. The Morgan fingerprint density at radius 1 is 1.47 bits per heavy atom. The zero-order valence-corrected chi connectivity index (χ0v) is 8.90. The lowest BCUT2D eigenvalue weighted by molar-refractivity contribution is -0.131. The largest absolute Gasteiger partial charge is 0.493 e. The number of carboxylic acids is 1. The minimum absolute atomic E-state index is 0.480. The maximum absolute atomic E-state index is 10.3. The maximum Gasteiger partial charge on any atom is 0.328 e. The van der Waals surface area contributed by atoms with Crippen molar-refractivity contribution >= 4 is 25.0 Å². The first-order valence-electron chi connectivity index (χ1n) is 4.08. The van der Waals surface area contributed by atoms with Crippen LogP contribution in [-0.4, -0.2) is 18.2 Å².